The summed E-state index contributed by atoms with van der Waals surface area (Å²) in [6.07, 6.45) is 1.33. The molecule has 0 saturated heterocycles. The predicted octanol–water partition coefficient (Wildman–Crippen LogP) is 2.94. The third kappa shape index (κ3) is 2.41. The van der Waals surface area contributed by atoms with Gasteiger partial charge in [-0.15, -0.1) is 0 Å². The van der Waals surface area contributed by atoms with Crippen molar-refractivity contribution in [2.45, 2.75) is 32.8 Å². The summed E-state index contributed by atoms with van der Waals surface area (Å²) in [4.78, 5) is 0. The molecule has 0 bridgehead atoms. The average molecular weight is 285 g/mol. The van der Waals surface area contributed by atoms with E-state index in [1.165, 1.54) is 5.56 Å². The van der Waals surface area contributed by atoms with E-state index >= 15 is 0 Å². The molecule has 2 nitrogen and oxygen atoms in total. The molecule has 0 aromatic heterocycles. The Morgan fingerprint density at radius 2 is 2.19 bits per heavy atom. The number of fused-ring (bicyclic) bond motifs is 1. The van der Waals surface area contributed by atoms with E-state index < -0.39 is 0 Å². The molecule has 1 aliphatic heterocycles. The van der Waals surface area contributed by atoms with Crippen LogP contribution in [0.1, 0.15) is 25.0 Å². The SMILES string of the molecule is CC(C)C(O)Cc1cc(Br)cc2c1OCC2. The largest absolute Gasteiger partial charge is 0.493 e. The Kier molecular flexibility index (Phi) is 3.55. The van der Waals surface area contributed by atoms with Crippen LogP contribution in [0.5, 0.6) is 5.75 Å². The minimum Gasteiger partial charge on any atom is -0.493 e. The molecule has 0 spiro atoms. The van der Waals surface area contributed by atoms with Gasteiger partial charge in [-0.1, -0.05) is 29.8 Å². The third-order valence-corrected chi connectivity index (χ3v) is 3.48. The van der Waals surface area contributed by atoms with Gasteiger partial charge in [0.15, 0.2) is 0 Å². The molecule has 88 valence electrons. The van der Waals surface area contributed by atoms with Crippen molar-refractivity contribution < 1.29 is 9.84 Å². The summed E-state index contributed by atoms with van der Waals surface area (Å²) in [5.41, 5.74) is 2.36. The topological polar surface area (TPSA) is 29.5 Å². The minimum atomic E-state index is -0.303. The number of benzene rings is 1. The van der Waals surface area contributed by atoms with Gasteiger partial charge in [-0.25, -0.2) is 0 Å². The van der Waals surface area contributed by atoms with Gasteiger partial charge in [0.05, 0.1) is 12.7 Å². The number of aliphatic hydroxyl groups is 1. The second kappa shape index (κ2) is 4.76. The molecule has 16 heavy (non-hydrogen) atoms. The Morgan fingerprint density at radius 3 is 2.88 bits per heavy atom. The van der Waals surface area contributed by atoms with Gasteiger partial charge in [-0.3, -0.25) is 0 Å². The molecule has 0 saturated carbocycles. The minimum absolute atomic E-state index is 0.274. The molecule has 1 unspecified atom stereocenters. The molecule has 3 heteroatoms. The smallest absolute Gasteiger partial charge is 0.125 e. The van der Waals surface area contributed by atoms with E-state index in [2.05, 4.69) is 28.1 Å². The second-order valence-electron chi connectivity index (χ2n) is 4.67. The molecule has 1 heterocycles. The van der Waals surface area contributed by atoms with Crippen molar-refractivity contribution in [3.05, 3.63) is 27.7 Å². The van der Waals surface area contributed by atoms with Crippen LogP contribution in [0.2, 0.25) is 0 Å². The number of halogens is 1. The monoisotopic (exact) mass is 284 g/mol. The second-order valence-corrected chi connectivity index (χ2v) is 5.58. The van der Waals surface area contributed by atoms with Gasteiger partial charge in [0.2, 0.25) is 0 Å². The molecular formula is C13H17BrO2. The Morgan fingerprint density at radius 1 is 1.44 bits per heavy atom. The molecule has 0 fully saturated rings. The Balaban J connectivity index is 2.27. The van der Waals surface area contributed by atoms with Crippen LogP contribution >= 0.6 is 15.9 Å². The van der Waals surface area contributed by atoms with Gasteiger partial charge in [-0.2, -0.15) is 0 Å². The fourth-order valence-electron chi connectivity index (χ4n) is 1.96. The van der Waals surface area contributed by atoms with E-state index in [1.54, 1.807) is 0 Å². The van der Waals surface area contributed by atoms with Crippen molar-refractivity contribution in [1.29, 1.82) is 0 Å². The summed E-state index contributed by atoms with van der Waals surface area (Å²) >= 11 is 3.51. The zero-order valence-electron chi connectivity index (χ0n) is 9.66. The van der Waals surface area contributed by atoms with Gasteiger partial charge in [-0.05, 0) is 29.2 Å². The van der Waals surface area contributed by atoms with Crippen molar-refractivity contribution in [1.82, 2.24) is 0 Å². The molecule has 1 aliphatic rings. The highest BCUT2D eigenvalue weighted by atomic mass is 79.9. The highest BCUT2D eigenvalue weighted by Crippen LogP contribution is 2.34. The lowest BCUT2D eigenvalue weighted by atomic mass is 9.97. The zero-order valence-corrected chi connectivity index (χ0v) is 11.3. The number of ether oxygens (including phenoxy) is 1. The third-order valence-electron chi connectivity index (χ3n) is 3.02. The van der Waals surface area contributed by atoms with Crippen LogP contribution in [-0.2, 0) is 12.8 Å². The molecule has 1 aromatic rings. The van der Waals surface area contributed by atoms with Crippen LogP contribution in [0.3, 0.4) is 0 Å². The van der Waals surface area contributed by atoms with Crippen molar-refractivity contribution in [3.63, 3.8) is 0 Å². The number of hydrogen-bond donors (Lipinski definition) is 1. The van der Waals surface area contributed by atoms with Crippen molar-refractivity contribution in [2.24, 2.45) is 5.92 Å². The average Bonchev–Trinajstić information content (AvgIpc) is 2.65. The molecule has 1 atom stereocenters. The first-order chi connectivity index (χ1) is 7.58. The predicted molar refractivity (Wildman–Crippen MR) is 67.9 cm³/mol. The van der Waals surface area contributed by atoms with Crippen molar-refractivity contribution >= 4 is 15.9 Å². The Labute approximate surface area is 105 Å². The van der Waals surface area contributed by atoms with E-state index in [9.17, 15) is 5.11 Å². The lowest BCUT2D eigenvalue weighted by molar-refractivity contribution is 0.125. The maximum absolute atomic E-state index is 9.93. The van der Waals surface area contributed by atoms with E-state index in [4.69, 9.17) is 4.74 Å². The normalized spacial score (nSPS) is 16.1. The number of aliphatic hydroxyl groups excluding tert-OH is 1. The van der Waals surface area contributed by atoms with Crippen LogP contribution in [0.25, 0.3) is 0 Å². The summed E-state index contributed by atoms with van der Waals surface area (Å²) in [7, 11) is 0. The van der Waals surface area contributed by atoms with Gasteiger partial charge >= 0.3 is 0 Å². The lowest BCUT2D eigenvalue weighted by Gasteiger charge is -2.16. The van der Waals surface area contributed by atoms with Gasteiger partial charge < -0.3 is 9.84 Å². The van der Waals surface area contributed by atoms with Crippen LogP contribution in [-0.4, -0.2) is 17.8 Å². The molecule has 0 aliphatic carbocycles. The Hall–Kier alpha value is -0.540. The van der Waals surface area contributed by atoms with Crippen molar-refractivity contribution in [3.8, 4) is 5.75 Å². The summed E-state index contributed by atoms with van der Waals surface area (Å²) < 4.78 is 6.71. The van der Waals surface area contributed by atoms with E-state index in [0.717, 1.165) is 28.8 Å². The first kappa shape index (κ1) is 11.9. The zero-order chi connectivity index (χ0) is 11.7. The molecule has 0 radical (unpaired) electrons. The van der Waals surface area contributed by atoms with Crippen LogP contribution in [0, 0.1) is 5.92 Å². The fourth-order valence-corrected chi connectivity index (χ4v) is 2.51. The van der Waals surface area contributed by atoms with E-state index in [-0.39, 0.29) is 12.0 Å². The first-order valence-electron chi connectivity index (χ1n) is 5.70. The molecule has 0 amide bonds. The van der Waals surface area contributed by atoms with Gasteiger partial charge in [0.25, 0.3) is 0 Å². The van der Waals surface area contributed by atoms with Gasteiger partial charge in [0, 0.05) is 17.3 Å². The maximum Gasteiger partial charge on any atom is 0.125 e. The lowest BCUT2D eigenvalue weighted by Crippen LogP contribution is -2.18. The molecule has 1 N–H and O–H groups in total. The van der Waals surface area contributed by atoms with E-state index in [0.29, 0.717) is 6.42 Å². The van der Waals surface area contributed by atoms with Gasteiger partial charge in [0.1, 0.15) is 5.75 Å². The van der Waals surface area contributed by atoms with Crippen LogP contribution in [0.4, 0.5) is 0 Å². The fraction of sp³-hybridized carbons (Fsp3) is 0.538. The molecular weight excluding hydrogens is 268 g/mol. The summed E-state index contributed by atoms with van der Waals surface area (Å²) in [5, 5.41) is 9.93. The maximum atomic E-state index is 9.93. The van der Waals surface area contributed by atoms with E-state index in [1.807, 2.05) is 13.8 Å². The molecule has 1 aromatic carbocycles. The summed E-state index contributed by atoms with van der Waals surface area (Å²) in [6.45, 7) is 4.82. The van der Waals surface area contributed by atoms with Crippen LogP contribution in [0.15, 0.2) is 16.6 Å². The molecule has 2 rings (SSSR count). The number of rotatable bonds is 3. The van der Waals surface area contributed by atoms with Crippen LogP contribution < -0.4 is 4.74 Å². The highest BCUT2D eigenvalue weighted by Gasteiger charge is 2.20. The number of hydrogen-bond acceptors (Lipinski definition) is 2. The standard InChI is InChI=1S/C13H17BrO2/c1-8(2)12(15)7-10-6-11(14)5-9-3-4-16-13(9)10/h5-6,8,12,15H,3-4,7H2,1-2H3. The quantitative estimate of drug-likeness (QED) is 0.925. The summed E-state index contributed by atoms with van der Waals surface area (Å²) in [5.74, 6) is 1.26. The summed E-state index contributed by atoms with van der Waals surface area (Å²) in [6, 6.07) is 4.16. The first-order valence-corrected chi connectivity index (χ1v) is 6.49. The highest BCUT2D eigenvalue weighted by molar-refractivity contribution is 9.10. The Bertz CT molecular complexity index is 388. The van der Waals surface area contributed by atoms with Crippen molar-refractivity contribution in [2.75, 3.05) is 6.61 Å².